The maximum absolute atomic E-state index is 9.21. The van der Waals surface area contributed by atoms with Gasteiger partial charge in [0.05, 0.1) is 6.10 Å². The lowest BCUT2D eigenvalue weighted by Crippen LogP contribution is -2.20. The zero-order valence-electron chi connectivity index (χ0n) is 12.8. The van der Waals surface area contributed by atoms with E-state index in [0.29, 0.717) is 12.0 Å². The fourth-order valence-corrected chi connectivity index (χ4v) is 2.25. The average Bonchev–Trinajstić information content (AvgIpc) is 2.34. The van der Waals surface area contributed by atoms with Gasteiger partial charge in [0, 0.05) is 6.04 Å². The largest absolute Gasteiger partial charge is 0.393 e. The summed E-state index contributed by atoms with van der Waals surface area (Å²) in [5.74, 6) is 0.710. The number of rotatable bonds is 8. The van der Waals surface area contributed by atoms with Crippen LogP contribution < -0.4 is 5.32 Å². The van der Waals surface area contributed by atoms with E-state index in [0.717, 1.165) is 25.8 Å². The molecule has 0 amide bonds. The van der Waals surface area contributed by atoms with E-state index in [-0.39, 0.29) is 6.10 Å². The molecule has 0 heterocycles. The van der Waals surface area contributed by atoms with Gasteiger partial charge in [0.2, 0.25) is 0 Å². The summed E-state index contributed by atoms with van der Waals surface area (Å²) in [6.07, 6.45) is 2.85. The van der Waals surface area contributed by atoms with Gasteiger partial charge < -0.3 is 10.4 Å². The SMILES string of the molecule is CC(C)Cc1ccc(C(C)NCCCC(C)O)cc1. The van der Waals surface area contributed by atoms with Crippen molar-refractivity contribution in [1.82, 2.24) is 5.32 Å². The van der Waals surface area contributed by atoms with Gasteiger partial charge in [-0.25, -0.2) is 0 Å². The molecule has 0 radical (unpaired) electrons. The van der Waals surface area contributed by atoms with Crippen molar-refractivity contribution in [1.29, 1.82) is 0 Å². The lowest BCUT2D eigenvalue weighted by atomic mass is 10.00. The highest BCUT2D eigenvalue weighted by atomic mass is 16.3. The Morgan fingerprint density at radius 3 is 2.21 bits per heavy atom. The van der Waals surface area contributed by atoms with Crippen molar-refractivity contribution in [2.75, 3.05) is 6.54 Å². The molecule has 0 spiro atoms. The number of hydrogen-bond donors (Lipinski definition) is 2. The average molecular weight is 263 g/mol. The third-order valence-electron chi connectivity index (χ3n) is 3.37. The summed E-state index contributed by atoms with van der Waals surface area (Å²) in [4.78, 5) is 0. The minimum atomic E-state index is -0.188. The van der Waals surface area contributed by atoms with Crippen LogP contribution in [0.15, 0.2) is 24.3 Å². The zero-order valence-corrected chi connectivity index (χ0v) is 12.8. The van der Waals surface area contributed by atoms with Gasteiger partial charge in [0.25, 0.3) is 0 Å². The molecular weight excluding hydrogens is 234 g/mol. The topological polar surface area (TPSA) is 32.3 Å². The second kappa shape index (κ2) is 8.34. The lowest BCUT2D eigenvalue weighted by molar-refractivity contribution is 0.181. The quantitative estimate of drug-likeness (QED) is 0.701. The Morgan fingerprint density at radius 2 is 1.68 bits per heavy atom. The van der Waals surface area contributed by atoms with Crippen molar-refractivity contribution >= 4 is 0 Å². The van der Waals surface area contributed by atoms with E-state index in [1.165, 1.54) is 11.1 Å². The van der Waals surface area contributed by atoms with Crippen LogP contribution in [0.25, 0.3) is 0 Å². The molecule has 0 aromatic heterocycles. The summed E-state index contributed by atoms with van der Waals surface area (Å²) in [7, 11) is 0. The van der Waals surface area contributed by atoms with Crippen LogP contribution in [0.2, 0.25) is 0 Å². The van der Waals surface area contributed by atoms with E-state index in [2.05, 4.69) is 50.4 Å². The van der Waals surface area contributed by atoms with Crippen molar-refractivity contribution in [2.45, 2.75) is 59.1 Å². The molecule has 19 heavy (non-hydrogen) atoms. The predicted molar refractivity (Wildman–Crippen MR) is 82.3 cm³/mol. The molecule has 1 aromatic rings. The molecule has 108 valence electrons. The molecule has 0 aliphatic rings. The van der Waals surface area contributed by atoms with E-state index < -0.39 is 0 Å². The van der Waals surface area contributed by atoms with Crippen LogP contribution in [0.4, 0.5) is 0 Å². The van der Waals surface area contributed by atoms with Crippen molar-refractivity contribution in [3.05, 3.63) is 35.4 Å². The van der Waals surface area contributed by atoms with E-state index in [4.69, 9.17) is 0 Å². The van der Waals surface area contributed by atoms with Gasteiger partial charge in [-0.1, -0.05) is 38.1 Å². The van der Waals surface area contributed by atoms with Crippen LogP contribution in [0.1, 0.15) is 57.7 Å². The van der Waals surface area contributed by atoms with Crippen molar-refractivity contribution in [2.24, 2.45) is 5.92 Å². The first-order valence-corrected chi connectivity index (χ1v) is 7.49. The molecule has 0 bridgehead atoms. The van der Waals surface area contributed by atoms with Crippen LogP contribution in [0.3, 0.4) is 0 Å². The van der Waals surface area contributed by atoms with Gasteiger partial charge in [-0.2, -0.15) is 0 Å². The number of aliphatic hydroxyl groups is 1. The van der Waals surface area contributed by atoms with Crippen molar-refractivity contribution in [3.8, 4) is 0 Å². The number of aliphatic hydroxyl groups excluding tert-OH is 1. The van der Waals surface area contributed by atoms with Crippen LogP contribution >= 0.6 is 0 Å². The molecular formula is C17H29NO. The first-order valence-electron chi connectivity index (χ1n) is 7.49. The fourth-order valence-electron chi connectivity index (χ4n) is 2.25. The van der Waals surface area contributed by atoms with Crippen LogP contribution in [0.5, 0.6) is 0 Å². The standard InChI is InChI=1S/C17H29NO/c1-13(2)12-16-7-9-17(10-8-16)15(4)18-11-5-6-14(3)19/h7-10,13-15,18-19H,5-6,11-12H2,1-4H3. The van der Waals surface area contributed by atoms with Crippen LogP contribution in [-0.4, -0.2) is 17.8 Å². The number of hydrogen-bond acceptors (Lipinski definition) is 2. The summed E-state index contributed by atoms with van der Waals surface area (Å²) in [5.41, 5.74) is 2.75. The summed E-state index contributed by atoms with van der Waals surface area (Å²) in [5, 5.41) is 12.7. The lowest BCUT2D eigenvalue weighted by Gasteiger charge is -2.15. The molecule has 2 atom stereocenters. The monoisotopic (exact) mass is 263 g/mol. The minimum Gasteiger partial charge on any atom is -0.393 e. The molecule has 0 aliphatic carbocycles. The molecule has 0 saturated heterocycles. The maximum Gasteiger partial charge on any atom is 0.0512 e. The van der Waals surface area contributed by atoms with Gasteiger partial charge in [0.1, 0.15) is 0 Å². The van der Waals surface area contributed by atoms with E-state index in [1.807, 2.05) is 6.92 Å². The van der Waals surface area contributed by atoms with Gasteiger partial charge >= 0.3 is 0 Å². The second-order valence-electron chi connectivity index (χ2n) is 6.01. The van der Waals surface area contributed by atoms with Gasteiger partial charge in [-0.3, -0.25) is 0 Å². The molecule has 2 unspecified atom stereocenters. The highest BCUT2D eigenvalue weighted by Gasteiger charge is 2.05. The molecule has 1 aromatic carbocycles. The Balaban J connectivity index is 2.37. The minimum absolute atomic E-state index is 0.188. The summed E-state index contributed by atoms with van der Waals surface area (Å²) >= 11 is 0. The van der Waals surface area contributed by atoms with Gasteiger partial charge in [-0.05, 0) is 56.7 Å². The number of nitrogens with one attached hydrogen (secondary N) is 1. The molecule has 1 rings (SSSR count). The summed E-state index contributed by atoms with van der Waals surface area (Å²) < 4.78 is 0. The summed E-state index contributed by atoms with van der Waals surface area (Å²) in [6.45, 7) is 9.50. The normalized spacial score (nSPS) is 14.6. The fraction of sp³-hybridized carbons (Fsp3) is 0.647. The van der Waals surface area contributed by atoms with E-state index in [1.54, 1.807) is 0 Å². The highest BCUT2D eigenvalue weighted by Crippen LogP contribution is 2.15. The van der Waals surface area contributed by atoms with Gasteiger partial charge in [-0.15, -0.1) is 0 Å². The molecule has 2 heteroatoms. The summed E-state index contributed by atoms with van der Waals surface area (Å²) in [6, 6.07) is 9.31. The Labute approximate surface area is 118 Å². The number of benzene rings is 1. The Bertz CT molecular complexity index is 343. The van der Waals surface area contributed by atoms with Gasteiger partial charge in [0.15, 0.2) is 0 Å². The smallest absolute Gasteiger partial charge is 0.0512 e. The van der Waals surface area contributed by atoms with E-state index >= 15 is 0 Å². The third kappa shape index (κ3) is 6.74. The first-order chi connectivity index (χ1) is 8.99. The Morgan fingerprint density at radius 1 is 1.05 bits per heavy atom. The van der Waals surface area contributed by atoms with Crippen molar-refractivity contribution in [3.63, 3.8) is 0 Å². The van der Waals surface area contributed by atoms with Crippen molar-refractivity contribution < 1.29 is 5.11 Å². The molecule has 2 nitrogen and oxygen atoms in total. The highest BCUT2D eigenvalue weighted by molar-refractivity contribution is 5.25. The maximum atomic E-state index is 9.21. The molecule has 0 aliphatic heterocycles. The molecule has 0 saturated carbocycles. The van der Waals surface area contributed by atoms with E-state index in [9.17, 15) is 5.11 Å². The second-order valence-corrected chi connectivity index (χ2v) is 6.01. The Hall–Kier alpha value is -0.860. The third-order valence-corrected chi connectivity index (χ3v) is 3.37. The molecule has 0 fully saturated rings. The zero-order chi connectivity index (χ0) is 14.3. The first kappa shape index (κ1) is 16.2. The predicted octanol–water partition coefficient (Wildman–Crippen LogP) is 3.70. The Kier molecular flexibility index (Phi) is 7.11. The van der Waals surface area contributed by atoms with Crippen LogP contribution in [-0.2, 0) is 6.42 Å². The van der Waals surface area contributed by atoms with Crippen LogP contribution in [0, 0.1) is 5.92 Å². The molecule has 2 N–H and O–H groups in total.